The molecule has 4 rings (SSSR count). The Morgan fingerprint density at radius 3 is 2.80 bits per heavy atom. The Hall–Kier alpha value is -1.48. The summed E-state index contributed by atoms with van der Waals surface area (Å²) < 4.78 is 34.4. The standard InChI is InChI=1S/C17H21N3O3S2/c1-13-18-14(10-24-13)9-20-12-17(7-8-19(2)11-17)23-15-5-3-4-6-16(15)25(20,21)22/h3-6,10H,7-9,11-12H2,1-2H3/t17-/m1/s1. The van der Waals surface area contributed by atoms with Gasteiger partial charge in [0.25, 0.3) is 0 Å². The van der Waals surface area contributed by atoms with Crippen molar-refractivity contribution in [1.82, 2.24) is 14.2 Å². The zero-order chi connectivity index (χ0) is 17.7. The summed E-state index contributed by atoms with van der Waals surface area (Å²) in [4.78, 5) is 6.88. The Morgan fingerprint density at radius 1 is 1.32 bits per heavy atom. The minimum absolute atomic E-state index is 0.244. The third-order valence-corrected chi connectivity index (χ3v) is 7.42. The molecule has 1 spiro atoms. The monoisotopic (exact) mass is 379 g/mol. The minimum Gasteiger partial charge on any atom is -0.483 e. The smallest absolute Gasteiger partial charge is 0.247 e. The molecule has 0 radical (unpaired) electrons. The number of aromatic nitrogens is 1. The number of likely N-dealkylation sites (N-methyl/N-ethyl adjacent to an activating group) is 1. The van der Waals surface area contributed by atoms with Crippen LogP contribution < -0.4 is 4.74 Å². The van der Waals surface area contributed by atoms with Crippen LogP contribution in [0.1, 0.15) is 17.1 Å². The molecule has 0 unspecified atom stereocenters. The number of hydrogen-bond acceptors (Lipinski definition) is 6. The maximum atomic E-state index is 13.3. The molecular formula is C17H21N3O3S2. The predicted molar refractivity (Wildman–Crippen MR) is 96.4 cm³/mol. The Labute approximate surface area is 152 Å². The second-order valence-electron chi connectivity index (χ2n) is 6.85. The second kappa shape index (κ2) is 6.05. The van der Waals surface area contributed by atoms with Crippen LogP contribution in [0.25, 0.3) is 0 Å². The van der Waals surface area contributed by atoms with Gasteiger partial charge in [-0.25, -0.2) is 13.4 Å². The number of rotatable bonds is 2. The molecule has 2 aliphatic rings. The van der Waals surface area contributed by atoms with Crippen molar-refractivity contribution in [2.75, 3.05) is 26.7 Å². The van der Waals surface area contributed by atoms with Crippen molar-refractivity contribution in [2.45, 2.75) is 30.4 Å². The van der Waals surface area contributed by atoms with Gasteiger partial charge < -0.3 is 9.64 Å². The van der Waals surface area contributed by atoms with E-state index in [-0.39, 0.29) is 11.4 Å². The van der Waals surface area contributed by atoms with Gasteiger partial charge in [0.1, 0.15) is 16.2 Å². The molecule has 0 saturated carbocycles. The first kappa shape index (κ1) is 17.0. The molecule has 1 saturated heterocycles. The fourth-order valence-corrected chi connectivity index (χ4v) is 5.82. The summed E-state index contributed by atoms with van der Waals surface area (Å²) in [7, 11) is -1.60. The van der Waals surface area contributed by atoms with Crippen LogP contribution in [0.5, 0.6) is 5.75 Å². The van der Waals surface area contributed by atoms with Crippen molar-refractivity contribution in [3.63, 3.8) is 0 Å². The number of nitrogens with zero attached hydrogens (tertiary/aromatic N) is 3. The van der Waals surface area contributed by atoms with E-state index in [2.05, 4.69) is 9.88 Å². The molecular weight excluding hydrogens is 358 g/mol. The molecule has 8 heteroatoms. The molecule has 3 heterocycles. The lowest BCUT2D eigenvalue weighted by molar-refractivity contribution is 0.0603. The first-order chi connectivity index (χ1) is 11.9. The lowest BCUT2D eigenvalue weighted by Crippen LogP contribution is -2.48. The Morgan fingerprint density at radius 2 is 2.12 bits per heavy atom. The van der Waals surface area contributed by atoms with E-state index in [1.54, 1.807) is 18.2 Å². The van der Waals surface area contributed by atoms with Gasteiger partial charge in [-0.2, -0.15) is 4.31 Å². The summed E-state index contributed by atoms with van der Waals surface area (Å²) >= 11 is 1.54. The normalized spacial score (nSPS) is 26.3. The number of aryl methyl sites for hydroxylation is 1. The van der Waals surface area contributed by atoms with Crippen LogP contribution in [0.3, 0.4) is 0 Å². The van der Waals surface area contributed by atoms with Gasteiger partial charge in [0.15, 0.2) is 0 Å². The van der Waals surface area contributed by atoms with Crippen LogP contribution in [0.15, 0.2) is 34.5 Å². The number of benzene rings is 1. The van der Waals surface area contributed by atoms with E-state index in [0.717, 1.165) is 23.7 Å². The molecule has 0 amide bonds. The van der Waals surface area contributed by atoms with E-state index < -0.39 is 15.6 Å². The summed E-state index contributed by atoms with van der Waals surface area (Å²) in [6.07, 6.45) is 0.806. The number of fused-ring (bicyclic) bond motifs is 1. The highest BCUT2D eigenvalue weighted by molar-refractivity contribution is 7.89. The highest BCUT2D eigenvalue weighted by Gasteiger charge is 2.47. The van der Waals surface area contributed by atoms with Crippen molar-refractivity contribution in [3.05, 3.63) is 40.3 Å². The van der Waals surface area contributed by atoms with Crippen LogP contribution in [0.4, 0.5) is 0 Å². The molecule has 1 aromatic heterocycles. The van der Waals surface area contributed by atoms with Crippen LogP contribution in [-0.2, 0) is 16.6 Å². The first-order valence-corrected chi connectivity index (χ1v) is 10.6. The molecule has 1 atom stereocenters. The molecule has 134 valence electrons. The van der Waals surface area contributed by atoms with Gasteiger partial charge in [-0.15, -0.1) is 11.3 Å². The van der Waals surface area contributed by atoms with Gasteiger partial charge in [-0.05, 0) is 26.1 Å². The van der Waals surface area contributed by atoms with E-state index in [1.807, 2.05) is 25.4 Å². The van der Waals surface area contributed by atoms with E-state index in [9.17, 15) is 8.42 Å². The molecule has 2 aliphatic heterocycles. The number of ether oxygens (including phenoxy) is 1. The van der Waals surface area contributed by atoms with Crippen molar-refractivity contribution in [3.8, 4) is 5.75 Å². The van der Waals surface area contributed by atoms with Crippen molar-refractivity contribution in [2.24, 2.45) is 0 Å². The van der Waals surface area contributed by atoms with Gasteiger partial charge in [0.05, 0.1) is 23.8 Å². The maximum absolute atomic E-state index is 13.3. The Balaban J connectivity index is 1.78. The second-order valence-corrected chi connectivity index (χ2v) is 9.82. The summed E-state index contributed by atoms with van der Waals surface area (Å²) in [6, 6.07) is 6.94. The molecule has 25 heavy (non-hydrogen) atoms. The number of likely N-dealkylation sites (tertiary alicyclic amines) is 1. The van der Waals surface area contributed by atoms with Gasteiger partial charge in [-0.1, -0.05) is 12.1 Å². The molecule has 6 nitrogen and oxygen atoms in total. The highest BCUT2D eigenvalue weighted by Crippen LogP contribution is 2.38. The van der Waals surface area contributed by atoms with E-state index >= 15 is 0 Å². The number of sulfonamides is 1. The Bertz CT molecular complexity index is 896. The molecule has 1 fully saturated rings. The zero-order valence-corrected chi connectivity index (χ0v) is 15.9. The Kier molecular flexibility index (Phi) is 4.10. The van der Waals surface area contributed by atoms with Crippen LogP contribution in [0, 0.1) is 6.92 Å². The van der Waals surface area contributed by atoms with E-state index in [4.69, 9.17) is 4.74 Å². The highest BCUT2D eigenvalue weighted by atomic mass is 32.2. The van der Waals surface area contributed by atoms with Gasteiger partial charge in [0.2, 0.25) is 10.0 Å². The average molecular weight is 380 g/mol. The third-order valence-electron chi connectivity index (χ3n) is 4.77. The lowest BCUT2D eigenvalue weighted by Gasteiger charge is -2.31. The van der Waals surface area contributed by atoms with Crippen LogP contribution >= 0.6 is 11.3 Å². The van der Waals surface area contributed by atoms with E-state index in [1.165, 1.54) is 15.6 Å². The van der Waals surface area contributed by atoms with Crippen LogP contribution in [-0.4, -0.2) is 54.9 Å². The van der Waals surface area contributed by atoms with E-state index in [0.29, 0.717) is 18.8 Å². The maximum Gasteiger partial charge on any atom is 0.247 e. The predicted octanol–water partition coefficient (Wildman–Crippen LogP) is 2.11. The molecule has 0 bridgehead atoms. The fraction of sp³-hybridized carbons (Fsp3) is 0.471. The van der Waals surface area contributed by atoms with Gasteiger partial charge >= 0.3 is 0 Å². The topological polar surface area (TPSA) is 62.7 Å². The van der Waals surface area contributed by atoms with Crippen LogP contribution in [0.2, 0.25) is 0 Å². The minimum atomic E-state index is -3.63. The first-order valence-electron chi connectivity index (χ1n) is 8.26. The van der Waals surface area contributed by atoms with Gasteiger partial charge in [0, 0.05) is 24.9 Å². The summed E-state index contributed by atoms with van der Waals surface area (Å²) in [6.45, 7) is 4.15. The third kappa shape index (κ3) is 3.08. The quantitative estimate of drug-likeness (QED) is 0.800. The summed E-state index contributed by atoms with van der Waals surface area (Å²) in [5.41, 5.74) is 0.270. The zero-order valence-electron chi connectivity index (χ0n) is 14.3. The SMILES string of the molecule is Cc1nc(CN2C[C@]3(CCN(C)C3)Oc3ccccc3S2(=O)=O)cs1. The van der Waals surface area contributed by atoms with Crippen molar-refractivity contribution < 1.29 is 13.2 Å². The summed E-state index contributed by atoms with van der Waals surface area (Å²) in [5, 5.41) is 2.87. The van der Waals surface area contributed by atoms with Crippen molar-refractivity contribution in [1.29, 1.82) is 0 Å². The number of thiazole rings is 1. The largest absolute Gasteiger partial charge is 0.483 e. The average Bonchev–Trinajstić information content (AvgIpc) is 3.11. The summed E-state index contributed by atoms with van der Waals surface area (Å²) in [5.74, 6) is 0.453. The fourth-order valence-electron chi connectivity index (χ4n) is 3.62. The molecule has 0 aliphatic carbocycles. The van der Waals surface area contributed by atoms with Crippen molar-refractivity contribution >= 4 is 21.4 Å². The van der Waals surface area contributed by atoms with Gasteiger partial charge in [-0.3, -0.25) is 0 Å². The lowest BCUT2D eigenvalue weighted by atomic mass is 10.0. The molecule has 0 N–H and O–H groups in total. The molecule has 1 aromatic carbocycles. The number of hydrogen-bond donors (Lipinski definition) is 0. The number of para-hydroxylation sites is 1. The molecule has 2 aromatic rings.